The van der Waals surface area contributed by atoms with Gasteiger partial charge in [-0.1, -0.05) is 0 Å². The molecule has 7 nitrogen and oxygen atoms in total. The van der Waals surface area contributed by atoms with Crippen molar-refractivity contribution >= 4 is 32.6 Å². The number of hydrogen-bond acceptors (Lipinski definition) is 7. The molecule has 2 aromatic carbocycles. The Bertz CT molecular complexity index is 1020. The molecule has 0 unspecified atom stereocenters. The van der Waals surface area contributed by atoms with Crippen LogP contribution in [0.2, 0.25) is 0 Å². The number of benzene rings is 2. The van der Waals surface area contributed by atoms with Crippen molar-refractivity contribution in [3.63, 3.8) is 0 Å². The minimum absolute atomic E-state index is 0.406. The molecule has 0 atom stereocenters. The van der Waals surface area contributed by atoms with Gasteiger partial charge in [0.05, 0.1) is 24.6 Å². The Morgan fingerprint density at radius 3 is 2.24 bits per heavy atom. The molecule has 9 heteroatoms. The average molecular weight is 363 g/mol. The van der Waals surface area contributed by atoms with E-state index in [9.17, 15) is 12.3 Å². The van der Waals surface area contributed by atoms with Gasteiger partial charge in [0.15, 0.2) is 11.5 Å². The maximum Gasteiger partial charge on any atom is 0.332 e. The fourth-order valence-corrected chi connectivity index (χ4v) is 2.78. The summed E-state index contributed by atoms with van der Waals surface area (Å²) in [6.07, 6.45) is 1.39. The number of halogens is 1. The number of ether oxygens (including phenoxy) is 2. The van der Waals surface area contributed by atoms with E-state index in [1.807, 2.05) is 0 Å². The van der Waals surface area contributed by atoms with Gasteiger partial charge in [-0.05, 0) is 30.3 Å². The van der Waals surface area contributed by atoms with Gasteiger partial charge in [0.1, 0.15) is 12.1 Å². The summed E-state index contributed by atoms with van der Waals surface area (Å²) in [5.74, 6) is 1.55. The van der Waals surface area contributed by atoms with E-state index in [1.54, 1.807) is 12.1 Å². The average Bonchev–Trinajstić information content (AvgIpc) is 2.60. The lowest BCUT2D eigenvalue weighted by Crippen LogP contribution is -1.98. The number of anilines is 2. The number of aromatic nitrogens is 2. The maximum atomic E-state index is 12.9. The lowest BCUT2D eigenvalue weighted by Gasteiger charge is -2.12. The molecular weight excluding hydrogens is 349 g/mol. The van der Waals surface area contributed by atoms with Crippen LogP contribution in [0.1, 0.15) is 0 Å². The summed E-state index contributed by atoms with van der Waals surface area (Å²) in [5.41, 5.74) is 1.18. The van der Waals surface area contributed by atoms with E-state index in [4.69, 9.17) is 9.47 Å². The Kier molecular flexibility index (Phi) is 4.41. The van der Waals surface area contributed by atoms with E-state index < -0.39 is 15.1 Å². The third-order valence-electron chi connectivity index (χ3n) is 3.54. The molecular formula is C16H14FN3O4S. The van der Waals surface area contributed by atoms with E-state index in [0.717, 1.165) is 0 Å². The van der Waals surface area contributed by atoms with Gasteiger partial charge >= 0.3 is 10.2 Å². The number of fused-ring (bicyclic) bond motifs is 1. The van der Waals surface area contributed by atoms with Crippen LogP contribution in [0.4, 0.5) is 15.4 Å². The van der Waals surface area contributed by atoms with Crippen molar-refractivity contribution in [1.29, 1.82) is 0 Å². The molecule has 0 amide bonds. The minimum atomic E-state index is -4.73. The SMILES string of the molecule is COc1cc2ncnc(Nc3ccc(S(=O)(=O)F)cc3)c2cc1OC. The van der Waals surface area contributed by atoms with E-state index in [0.29, 0.717) is 33.9 Å². The van der Waals surface area contributed by atoms with Crippen LogP contribution in [0.5, 0.6) is 11.5 Å². The maximum absolute atomic E-state index is 12.9. The van der Waals surface area contributed by atoms with Gasteiger partial charge in [0.2, 0.25) is 0 Å². The standard InChI is InChI=1S/C16H14FN3O4S/c1-23-14-7-12-13(8-15(14)24-2)18-9-19-16(12)20-10-3-5-11(6-4-10)25(17,21)22/h3-9H,1-2H3,(H,18,19,20). The van der Waals surface area contributed by atoms with Crippen molar-refractivity contribution < 1.29 is 21.8 Å². The molecule has 0 aliphatic heterocycles. The zero-order valence-electron chi connectivity index (χ0n) is 13.4. The Hall–Kier alpha value is -2.94. The van der Waals surface area contributed by atoms with Crippen molar-refractivity contribution in [1.82, 2.24) is 9.97 Å². The number of hydrogen-bond donors (Lipinski definition) is 1. The first-order valence-electron chi connectivity index (χ1n) is 7.11. The molecule has 3 aromatic rings. The molecule has 1 heterocycles. The molecule has 0 saturated heterocycles. The second-order valence-corrected chi connectivity index (χ2v) is 6.38. The summed E-state index contributed by atoms with van der Waals surface area (Å²) in [5, 5.41) is 3.73. The molecule has 0 spiro atoms. The number of nitrogens with zero attached hydrogens (tertiary/aromatic N) is 2. The molecule has 0 fully saturated rings. The van der Waals surface area contributed by atoms with Crippen LogP contribution < -0.4 is 14.8 Å². The number of nitrogens with one attached hydrogen (secondary N) is 1. The lowest BCUT2D eigenvalue weighted by atomic mass is 10.2. The number of methoxy groups -OCH3 is 2. The summed E-state index contributed by atoms with van der Waals surface area (Å²) in [7, 11) is -1.67. The van der Waals surface area contributed by atoms with E-state index in [2.05, 4.69) is 15.3 Å². The van der Waals surface area contributed by atoms with Crippen LogP contribution in [0, 0.1) is 0 Å². The van der Waals surface area contributed by atoms with Crippen molar-refractivity contribution in [3.8, 4) is 11.5 Å². The Balaban J connectivity index is 2.01. The van der Waals surface area contributed by atoms with Gasteiger partial charge in [-0.3, -0.25) is 0 Å². The zero-order chi connectivity index (χ0) is 18.0. The highest BCUT2D eigenvalue weighted by Crippen LogP contribution is 2.34. The van der Waals surface area contributed by atoms with Crippen molar-refractivity contribution in [2.24, 2.45) is 0 Å². The first-order valence-corrected chi connectivity index (χ1v) is 8.49. The molecule has 0 saturated carbocycles. The van der Waals surface area contributed by atoms with Crippen LogP contribution in [-0.4, -0.2) is 32.6 Å². The first kappa shape index (κ1) is 16.9. The van der Waals surface area contributed by atoms with E-state index in [-0.39, 0.29) is 0 Å². The molecule has 1 aromatic heterocycles. The second-order valence-electron chi connectivity index (χ2n) is 5.03. The summed E-state index contributed by atoms with van der Waals surface area (Å²) in [6.45, 7) is 0. The number of rotatable bonds is 5. The van der Waals surface area contributed by atoms with Gasteiger partial charge in [0, 0.05) is 17.1 Å². The predicted molar refractivity (Wildman–Crippen MR) is 90.7 cm³/mol. The van der Waals surface area contributed by atoms with Crippen molar-refractivity contribution in [2.75, 3.05) is 19.5 Å². The topological polar surface area (TPSA) is 90.4 Å². The van der Waals surface area contributed by atoms with Crippen molar-refractivity contribution in [3.05, 3.63) is 42.7 Å². The zero-order valence-corrected chi connectivity index (χ0v) is 14.2. The third kappa shape index (κ3) is 3.45. The molecule has 0 aliphatic rings. The van der Waals surface area contributed by atoms with Gasteiger partial charge in [-0.15, -0.1) is 3.89 Å². The second kappa shape index (κ2) is 6.52. The largest absolute Gasteiger partial charge is 0.493 e. The van der Waals surface area contributed by atoms with Crippen LogP contribution in [-0.2, 0) is 10.2 Å². The molecule has 130 valence electrons. The Morgan fingerprint density at radius 2 is 1.64 bits per heavy atom. The van der Waals surface area contributed by atoms with E-state index >= 15 is 0 Å². The molecule has 25 heavy (non-hydrogen) atoms. The molecule has 3 rings (SSSR count). The normalized spacial score (nSPS) is 11.3. The van der Waals surface area contributed by atoms with Gasteiger partial charge < -0.3 is 14.8 Å². The summed E-state index contributed by atoms with van der Waals surface area (Å²) in [6, 6.07) is 8.69. The fourth-order valence-electron chi connectivity index (χ4n) is 2.32. The highest BCUT2D eigenvalue weighted by Gasteiger charge is 2.13. The molecule has 0 radical (unpaired) electrons. The highest BCUT2D eigenvalue weighted by molar-refractivity contribution is 7.86. The quantitative estimate of drug-likeness (QED) is 0.697. The van der Waals surface area contributed by atoms with Crippen molar-refractivity contribution in [2.45, 2.75) is 4.90 Å². The fraction of sp³-hybridized carbons (Fsp3) is 0.125. The lowest BCUT2D eigenvalue weighted by molar-refractivity contribution is 0.356. The highest BCUT2D eigenvalue weighted by atomic mass is 32.3. The van der Waals surface area contributed by atoms with Gasteiger partial charge in [-0.2, -0.15) is 8.42 Å². The predicted octanol–water partition coefficient (Wildman–Crippen LogP) is 3.05. The molecule has 0 bridgehead atoms. The Morgan fingerprint density at radius 1 is 1.00 bits per heavy atom. The van der Waals surface area contributed by atoms with Gasteiger partial charge in [0.25, 0.3) is 0 Å². The molecule has 0 aliphatic carbocycles. The molecule has 1 N–H and O–H groups in total. The first-order chi connectivity index (χ1) is 11.9. The van der Waals surface area contributed by atoms with Crippen LogP contribution in [0.25, 0.3) is 10.9 Å². The Labute approximate surface area is 143 Å². The minimum Gasteiger partial charge on any atom is -0.493 e. The monoisotopic (exact) mass is 363 g/mol. The van der Waals surface area contributed by atoms with Gasteiger partial charge in [-0.25, -0.2) is 9.97 Å². The summed E-state index contributed by atoms with van der Waals surface area (Å²) >= 11 is 0. The summed E-state index contributed by atoms with van der Waals surface area (Å²) < 4.78 is 45.2. The van der Waals surface area contributed by atoms with E-state index in [1.165, 1.54) is 44.8 Å². The smallest absolute Gasteiger partial charge is 0.332 e. The summed E-state index contributed by atoms with van der Waals surface area (Å²) in [4.78, 5) is 7.99. The third-order valence-corrected chi connectivity index (χ3v) is 4.37. The van der Waals surface area contributed by atoms with Crippen LogP contribution in [0.3, 0.4) is 0 Å². The van der Waals surface area contributed by atoms with Crippen LogP contribution in [0.15, 0.2) is 47.6 Å². The van der Waals surface area contributed by atoms with Crippen LogP contribution >= 0.6 is 0 Å².